The average Bonchev–Trinajstić information content (AvgIpc) is 2.91. The van der Waals surface area contributed by atoms with Gasteiger partial charge in [0.1, 0.15) is 0 Å². The van der Waals surface area contributed by atoms with Crippen LogP contribution in [0.3, 0.4) is 0 Å². The highest BCUT2D eigenvalue weighted by Crippen LogP contribution is 2.36. The third-order valence-electron chi connectivity index (χ3n) is 3.98. The van der Waals surface area contributed by atoms with E-state index >= 15 is 0 Å². The molecule has 0 spiro atoms. The van der Waals surface area contributed by atoms with Gasteiger partial charge in [0.25, 0.3) is 0 Å². The topological polar surface area (TPSA) is 49.2 Å². The van der Waals surface area contributed by atoms with Crippen LogP contribution in [0, 0.1) is 6.85 Å². The molecule has 1 aliphatic rings. The molecule has 6 heteroatoms. The molecule has 0 unspecified atom stereocenters. The van der Waals surface area contributed by atoms with E-state index < -0.39 is 31.3 Å². The van der Waals surface area contributed by atoms with Crippen LogP contribution in [0.25, 0.3) is 5.69 Å². The molecule has 110 valence electrons. The van der Waals surface area contributed by atoms with E-state index in [-0.39, 0.29) is 11.7 Å². The molecule has 0 N–H and O–H groups in total. The first-order valence-electron chi connectivity index (χ1n) is 9.22. The van der Waals surface area contributed by atoms with E-state index in [1.54, 1.807) is 12.1 Å². The Morgan fingerprint density at radius 3 is 2.62 bits per heavy atom. The second kappa shape index (κ2) is 4.68. The van der Waals surface area contributed by atoms with Crippen LogP contribution in [-0.4, -0.2) is 33.1 Å². The normalized spacial score (nSPS) is 24.0. The van der Waals surface area contributed by atoms with Crippen molar-refractivity contribution in [1.82, 2.24) is 14.8 Å². The van der Waals surface area contributed by atoms with Gasteiger partial charge in [0.05, 0.1) is 31.4 Å². The van der Waals surface area contributed by atoms with E-state index in [2.05, 4.69) is 10.1 Å². The first-order valence-corrected chi connectivity index (χ1v) is 6.72. The quantitative estimate of drug-likeness (QED) is 0.792. The Hall–Kier alpha value is -1.66. The molecule has 21 heavy (non-hydrogen) atoms. The van der Waals surface area contributed by atoms with Gasteiger partial charge >= 0.3 is 7.12 Å². The van der Waals surface area contributed by atoms with Gasteiger partial charge in [0.15, 0.2) is 0 Å². The fourth-order valence-electron chi connectivity index (χ4n) is 2.04. The highest BCUT2D eigenvalue weighted by Gasteiger charge is 2.52. The van der Waals surface area contributed by atoms with Crippen LogP contribution in [0.5, 0.6) is 0 Å². The Balaban J connectivity index is 2.00. The molecule has 5 nitrogen and oxygen atoms in total. The summed E-state index contributed by atoms with van der Waals surface area (Å²) in [4.78, 5) is 4.28. The van der Waals surface area contributed by atoms with Crippen molar-refractivity contribution in [2.45, 2.75) is 45.7 Å². The van der Waals surface area contributed by atoms with Gasteiger partial charge in [0.2, 0.25) is 0 Å². The van der Waals surface area contributed by atoms with Crippen molar-refractivity contribution in [2.75, 3.05) is 0 Å². The smallest absolute Gasteiger partial charge is 0.398 e. The van der Waals surface area contributed by atoms with Crippen LogP contribution in [0.2, 0.25) is 0 Å². The molecular formula is C15H20BN3O2. The molecule has 3 heterocycles. The molecule has 1 saturated heterocycles. The zero-order valence-corrected chi connectivity index (χ0v) is 12.5. The second-order valence-electron chi connectivity index (χ2n) is 6.04. The van der Waals surface area contributed by atoms with Crippen LogP contribution in [-0.2, 0) is 9.31 Å². The van der Waals surface area contributed by atoms with Gasteiger partial charge in [-0.25, -0.2) is 4.68 Å². The number of pyridine rings is 1. The van der Waals surface area contributed by atoms with Crippen LogP contribution in [0.4, 0.5) is 0 Å². The average molecular weight is 290 g/mol. The van der Waals surface area contributed by atoms with Gasteiger partial charge in [-0.15, -0.1) is 0 Å². The third kappa shape index (κ3) is 2.49. The van der Waals surface area contributed by atoms with Gasteiger partial charge in [-0.1, -0.05) is 0 Å². The first kappa shape index (κ1) is 9.38. The highest BCUT2D eigenvalue weighted by molar-refractivity contribution is 6.61. The number of hydrogen-bond donors (Lipinski definition) is 0. The number of rotatable bonds is 2. The Morgan fingerprint density at radius 1 is 1.29 bits per heavy atom. The molecule has 2 aromatic rings. The lowest BCUT2D eigenvalue weighted by Crippen LogP contribution is -2.41. The van der Waals surface area contributed by atoms with Crippen molar-refractivity contribution in [1.29, 1.82) is 0 Å². The van der Waals surface area contributed by atoms with E-state index in [9.17, 15) is 0 Å². The lowest BCUT2D eigenvalue weighted by Gasteiger charge is -2.32. The maximum atomic E-state index is 8.10. The molecule has 1 aliphatic heterocycles. The fourth-order valence-corrected chi connectivity index (χ4v) is 2.04. The third-order valence-corrected chi connectivity index (χ3v) is 3.98. The zero-order chi connectivity index (χ0) is 19.5. The van der Waals surface area contributed by atoms with Crippen molar-refractivity contribution < 1.29 is 16.2 Å². The van der Waals surface area contributed by atoms with Crippen molar-refractivity contribution >= 4 is 12.7 Å². The monoisotopic (exact) mass is 290 g/mol. The summed E-state index contributed by atoms with van der Waals surface area (Å²) in [6, 6.07) is 3.21. The van der Waals surface area contributed by atoms with E-state index in [4.69, 9.17) is 16.2 Å². The number of hydrogen-bond acceptors (Lipinski definition) is 4. The summed E-state index contributed by atoms with van der Waals surface area (Å²) in [5.41, 5.74) is -0.530. The maximum absolute atomic E-state index is 8.10. The summed E-state index contributed by atoms with van der Waals surface area (Å²) in [6.45, 7) is 5.15. The fraction of sp³-hybridized carbons (Fsp3) is 0.467. The van der Waals surface area contributed by atoms with E-state index in [0.29, 0.717) is 11.3 Å². The highest BCUT2D eigenvalue weighted by atomic mass is 16.7. The van der Waals surface area contributed by atoms with Crippen molar-refractivity contribution in [2.24, 2.45) is 0 Å². The van der Waals surface area contributed by atoms with Crippen molar-refractivity contribution in [3.8, 4) is 5.69 Å². The summed E-state index contributed by atoms with van der Waals surface area (Å²) in [7, 11) is -0.692. The number of nitrogens with zero attached hydrogens (tertiary/aromatic N) is 3. The van der Waals surface area contributed by atoms with Crippen LogP contribution >= 0.6 is 0 Å². The summed E-state index contributed by atoms with van der Waals surface area (Å²) < 4.78 is 51.4. The van der Waals surface area contributed by atoms with Gasteiger partial charge in [-0.3, -0.25) is 4.98 Å². The molecule has 0 aromatic carbocycles. The summed E-state index contributed by atoms with van der Waals surface area (Å²) in [6.07, 6.45) is 0.722. The standard InChI is InChI=1S/C15H20BN3O2/c1-11-9-18-19(10-11)12-6-7-17-13(8-12)16-20-14(2,3)15(4,5)21-16/h6-10H,1-5H3/i1D3,9D,10D. The SMILES string of the molecule is [2H]c1nn(-c2ccnc(B3OC(C)(C)C(C)(C)O3)c2)c([2H])c1C([2H])([2H])[2H]. The van der Waals surface area contributed by atoms with E-state index in [1.807, 2.05) is 27.7 Å². The minimum Gasteiger partial charge on any atom is -0.398 e. The predicted octanol–water partition coefficient (Wildman–Crippen LogP) is 1.87. The Kier molecular flexibility index (Phi) is 2.09. The second-order valence-corrected chi connectivity index (χ2v) is 6.04. The Labute approximate surface area is 132 Å². The van der Waals surface area contributed by atoms with Crippen LogP contribution in [0.1, 0.15) is 40.1 Å². The maximum Gasteiger partial charge on any atom is 0.514 e. The summed E-state index contributed by atoms with van der Waals surface area (Å²) in [5, 5.41) is 3.90. The minimum atomic E-state index is -2.58. The summed E-state index contributed by atoms with van der Waals surface area (Å²) in [5.74, 6) is 0. The molecule has 0 aliphatic carbocycles. The Bertz CT molecular complexity index is 834. The van der Waals surface area contributed by atoms with E-state index in [0.717, 1.165) is 4.68 Å². The van der Waals surface area contributed by atoms with Gasteiger partial charge in [0, 0.05) is 16.5 Å². The Morgan fingerprint density at radius 2 is 2.00 bits per heavy atom. The summed E-state index contributed by atoms with van der Waals surface area (Å²) >= 11 is 0. The van der Waals surface area contributed by atoms with Crippen LogP contribution < -0.4 is 5.59 Å². The van der Waals surface area contributed by atoms with E-state index in [1.165, 1.54) is 6.20 Å². The van der Waals surface area contributed by atoms with Crippen molar-refractivity contribution in [3.05, 3.63) is 36.2 Å². The largest absolute Gasteiger partial charge is 0.514 e. The molecule has 0 radical (unpaired) electrons. The van der Waals surface area contributed by atoms with Gasteiger partial charge in [-0.2, -0.15) is 5.10 Å². The molecular weight excluding hydrogens is 265 g/mol. The molecule has 0 atom stereocenters. The molecule has 1 fully saturated rings. The van der Waals surface area contributed by atoms with Crippen molar-refractivity contribution in [3.63, 3.8) is 0 Å². The number of aromatic nitrogens is 3. The molecule has 0 amide bonds. The molecule has 3 rings (SSSR count). The lowest BCUT2D eigenvalue weighted by atomic mass is 9.84. The van der Waals surface area contributed by atoms with Gasteiger partial charge in [-0.05, 0) is 52.2 Å². The van der Waals surface area contributed by atoms with Gasteiger partial charge < -0.3 is 9.31 Å². The van der Waals surface area contributed by atoms with Crippen LogP contribution in [0.15, 0.2) is 30.7 Å². The first-order chi connectivity index (χ1) is 11.8. The zero-order valence-electron chi connectivity index (χ0n) is 17.5. The molecule has 0 bridgehead atoms. The predicted molar refractivity (Wildman–Crippen MR) is 81.8 cm³/mol. The molecule has 2 aromatic heterocycles. The molecule has 0 saturated carbocycles. The minimum absolute atomic E-state index is 0.346. The lowest BCUT2D eigenvalue weighted by molar-refractivity contribution is 0.00578.